The first-order valence-corrected chi connectivity index (χ1v) is 11.5. The highest BCUT2D eigenvalue weighted by atomic mass is 16.5. The third kappa shape index (κ3) is 5.83. The summed E-state index contributed by atoms with van der Waals surface area (Å²) in [5.41, 5.74) is 2.21. The van der Waals surface area contributed by atoms with Gasteiger partial charge in [-0.2, -0.15) is 0 Å². The van der Waals surface area contributed by atoms with Crippen molar-refractivity contribution >= 4 is 23.2 Å². The highest BCUT2D eigenvalue weighted by molar-refractivity contribution is 6.01. The number of carbonyl (C=O) groups excluding carboxylic acids is 2. The van der Waals surface area contributed by atoms with E-state index in [0.717, 1.165) is 30.9 Å². The van der Waals surface area contributed by atoms with Gasteiger partial charge in [-0.1, -0.05) is 12.1 Å². The monoisotopic (exact) mass is 453 g/mol. The van der Waals surface area contributed by atoms with E-state index in [0.29, 0.717) is 43.5 Å². The Morgan fingerprint density at radius 3 is 2.61 bits per heavy atom. The summed E-state index contributed by atoms with van der Waals surface area (Å²) in [6, 6.07) is 12.9. The fraction of sp³-hybridized carbons (Fsp3) is 0.440. The zero-order valence-electron chi connectivity index (χ0n) is 19.2. The highest BCUT2D eigenvalue weighted by Gasteiger charge is 2.32. The van der Waals surface area contributed by atoms with Crippen LogP contribution in [0.25, 0.3) is 0 Å². The molecule has 0 bridgehead atoms. The number of fused-ring (bicyclic) bond motifs is 1. The third-order valence-electron chi connectivity index (χ3n) is 5.79. The predicted octanol–water partition coefficient (Wildman–Crippen LogP) is 2.71. The number of hydrogen-bond donors (Lipinski definition) is 1. The van der Waals surface area contributed by atoms with E-state index in [1.807, 2.05) is 43.3 Å². The topological polar surface area (TPSA) is 80.3 Å². The van der Waals surface area contributed by atoms with Crippen LogP contribution >= 0.6 is 0 Å². The van der Waals surface area contributed by atoms with Gasteiger partial charge in [0, 0.05) is 31.9 Å². The van der Waals surface area contributed by atoms with Crippen LogP contribution in [0, 0.1) is 0 Å². The minimum Gasteiger partial charge on any atom is -0.494 e. The molecule has 2 amide bonds. The van der Waals surface area contributed by atoms with Crippen LogP contribution in [0.5, 0.6) is 11.5 Å². The second-order valence-corrected chi connectivity index (χ2v) is 8.19. The molecule has 2 aliphatic rings. The van der Waals surface area contributed by atoms with E-state index in [4.69, 9.17) is 14.2 Å². The summed E-state index contributed by atoms with van der Waals surface area (Å²) in [5, 5.41) is 2.94. The molecule has 0 aliphatic carbocycles. The number of nitrogens with zero attached hydrogens (tertiary/aromatic N) is 2. The molecule has 33 heavy (non-hydrogen) atoms. The van der Waals surface area contributed by atoms with E-state index in [1.165, 1.54) is 0 Å². The zero-order chi connectivity index (χ0) is 23.2. The maximum Gasteiger partial charge on any atom is 0.267 e. The molecule has 2 aromatic rings. The summed E-state index contributed by atoms with van der Waals surface area (Å²) in [6.45, 7) is 8.78. The maximum absolute atomic E-state index is 12.9. The second-order valence-electron chi connectivity index (χ2n) is 8.19. The summed E-state index contributed by atoms with van der Waals surface area (Å²) in [5.74, 6) is 1.23. The molecule has 0 radical (unpaired) electrons. The van der Waals surface area contributed by atoms with Crippen molar-refractivity contribution in [3.8, 4) is 11.5 Å². The number of nitrogens with one attached hydrogen (secondary N) is 1. The predicted molar refractivity (Wildman–Crippen MR) is 126 cm³/mol. The Kier molecular flexibility index (Phi) is 7.47. The Labute approximate surface area is 194 Å². The standard InChI is InChI=1S/C25H31N3O5/c1-3-32-21-7-4-19(5-8-21)16-24(29)26-20-6-9-23-22(17-20)28(25(30)18(2)33-23)11-10-27-12-14-31-15-13-27/h4-9,17-18H,3,10-16H2,1-2H3,(H,26,29). The van der Waals surface area contributed by atoms with Crippen LogP contribution < -0.4 is 19.7 Å². The Bertz CT molecular complexity index is 973. The second kappa shape index (κ2) is 10.7. The van der Waals surface area contributed by atoms with Gasteiger partial charge >= 0.3 is 0 Å². The molecule has 2 heterocycles. The minimum absolute atomic E-state index is 0.0753. The smallest absolute Gasteiger partial charge is 0.267 e. The average Bonchev–Trinajstić information content (AvgIpc) is 2.82. The number of benzene rings is 2. The van der Waals surface area contributed by atoms with Crippen LogP contribution in [0.15, 0.2) is 42.5 Å². The molecule has 8 heteroatoms. The van der Waals surface area contributed by atoms with E-state index in [1.54, 1.807) is 17.9 Å². The largest absolute Gasteiger partial charge is 0.494 e. The normalized spacial score (nSPS) is 18.4. The quantitative estimate of drug-likeness (QED) is 0.662. The van der Waals surface area contributed by atoms with Crippen LogP contribution in [0.4, 0.5) is 11.4 Å². The van der Waals surface area contributed by atoms with Gasteiger partial charge in [-0.3, -0.25) is 14.5 Å². The summed E-state index contributed by atoms with van der Waals surface area (Å²) >= 11 is 0. The van der Waals surface area contributed by atoms with Crippen molar-refractivity contribution < 1.29 is 23.8 Å². The van der Waals surface area contributed by atoms with E-state index in [-0.39, 0.29) is 18.2 Å². The lowest BCUT2D eigenvalue weighted by atomic mass is 10.1. The number of ether oxygens (including phenoxy) is 3. The molecule has 2 aromatic carbocycles. The lowest BCUT2D eigenvalue weighted by Crippen LogP contribution is -2.48. The van der Waals surface area contributed by atoms with Crippen molar-refractivity contribution in [1.82, 2.24) is 4.90 Å². The van der Waals surface area contributed by atoms with Gasteiger partial charge in [0.25, 0.3) is 5.91 Å². The van der Waals surface area contributed by atoms with Gasteiger partial charge < -0.3 is 24.4 Å². The van der Waals surface area contributed by atoms with Gasteiger partial charge in [-0.25, -0.2) is 0 Å². The van der Waals surface area contributed by atoms with Crippen LogP contribution in [0.1, 0.15) is 19.4 Å². The van der Waals surface area contributed by atoms with Crippen molar-refractivity contribution in [2.24, 2.45) is 0 Å². The van der Waals surface area contributed by atoms with Crippen LogP contribution in [-0.2, 0) is 20.7 Å². The summed E-state index contributed by atoms with van der Waals surface area (Å²) in [6.07, 6.45) is -0.293. The number of amides is 2. The van der Waals surface area contributed by atoms with Gasteiger partial charge in [-0.05, 0) is 49.7 Å². The van der Waals surface area contributed by atoms with Gasteiger partial charge in [0.05, 0.1) is 31.9 Å². The summed E-state index contributed by atoms with van der Waals surface area (Å²) in [4.78, 5) is 29.5. The highest BCUT2D eigenvalue weighted by Crippen LogP contribution is 2.36. The maximum atomic E-state index is 12.9. The van der Waals surface area contributed by atoms with E-state index >= 15 is 0 Å². The molecule has 2 aliphatic heterocycles. The van der Waals surface area contributed by atoms with Crippen molar-refractivity contribution in [2.75, 3.05) is 56.2 Å². The van der Waals surface area contributed by atoms with Crippen molar-refractivity contribution in [2.45, 2.75) is 26.4 Å². The van der Waals surface area contributed by atoms with Gasteiger partial charge in [0.1, 0.15) is 11.5 Å². The first-order chi connectivity index (χ1) is 16.0. The first-order valence-electron chi connectivity index (χ1n) is 11.5. The molecule has 176 valence electrons. The SMILES string of the molecule is CCOc1ccc(CC(=O)Nc2ccc3c(c2)N(CCN2CCOCC2)C(=O)C(C)O3)cc1. The van der Waals surface area contributed by atoms with Crippen LogP contribution in [0.2, 0.25) is 0 Å². The molecule has 0 aromatic heterocycles. The number of morpholine rings is 1. The third-order valence-corrected chi connectivity index (χ3v) is 5.79. The number of anilines is 2. The molecule has 1 unspecified atom stereocenters. The minimum atomic E-state index is -0.540. The van der Waals surface area contributed by atoms with Crippen LogP contribution in [0.3, 0.4) is 0 Å². The summed E-state index contributed by atoms with van der Waals surface area (Å²) in [7, 11) is 0. The number of hydrogen-bond acceptors (Lipinski definition) is 6. The van der Waals surface area contributed by atoms with E-state index in [9.17, 15) is 9.59 Å². The molecule has 4 rings (SSSR count). The molecular weight excluding hydrogens is 422 g/mol. The fourth-order valence-electron chi connectivity index (χ4n) is 4.04. The first kappa shape index (κ1) is 23.1. The van der Waals surface area contributed by atoms with E-state index in [2.05, 4.69) is 10.2 Å². The number of rotatable bonds is 8. The van der Waals surface area contributed by atoms with Gasteiger partial charge in [0.15, 0.2) is 6.10 Å². The van der Waals surface area contributed by atoms with Crippen molar-refractivity contribution in [1.29, 1.82) is 0 Å². The molecule has 1 saturated heterocycles. The molecule has 1 atom stereocenters. The molecule has 8 nitrogen and oxygen atoms in total. The molecule has 0 spiro atoms. The Morgan fingerprint density at radius 1 is 1.12 bits per heavy atom. The van der Waals surface area contributed by atoms with Gasteiger partial charge in [-0.15, -0.1) is 0 Å². The Hall–Kier alpha value is -3.10. The van der Waals surface area contributed by atoms with Crippen molar-refractivity contribution in [3.63, 3.8) is 0 Å². The fourth-order valence-corrected chi connectivity index (χ4v) is 4.04. The van der Waals surface area contributed by atoms with E-state index < -0.39 is 6.10 Å². The van der Waals surface area contributed by atoms with Crippen LogP contribution in [-0.4, -0.2) is 68.8 Å². The Balaban J connectivity index is 1.43. The molecule has 0 saturated carbocycles. The number of carbonyl (C=O) groups is 2. The molecule has 1 fully saturated rings. The lowest BCUT2D eigenvalue weighted by Gasteiger charge is -2.35. The molecule has 1 N–H and O–H groups in total. The Morgan fingerprint density at radius 2 is 1.88 bits per heavy atom. The van der Waals surface area contributed by atoms with Gasteiger partial charge in [0.2, 0.25) is 5.91 Å². The zero-order valence-corrected chi connectivity index (χ0v) is 19.2. The van der Waals surface area contributed by atoms with Crippen molar-refractivity contribution in [3.05, 3.63) is 48.0 Å². The summed E-state index contributed by atoms with van der Waals surface area (Å²) < 4.78 is 16.7. The molecular formula is C25H31N3O5. The lowest BCUT2D eigenvalue weighted by molar-refractivity contribution is -0.125. The average molecular weight is 454 g/mol.